The van der Waals surface area contributed by atoms with Gasteiger partial charge in [-0.05, 0) is 18.1 Å². The molecule has 0 bridgehead atoms. The number of halogens is 1. The Morgan fingerprint density at radius 1 is 1.42 bits per heavy atom. The molecule has 1 aromatic rings. The van der Waals surface area contributed by atoms with Gasteiger partial charge < -0.3 is 5.32 Å². The predicted molar refractivity (Wildman–Crippen MR) is 51.5 cm³/mol. The first-order valence-electron chi connectivity index (χ1n) is 3.70. The molecule has 0 aliphatic rings. The van der Waals surface area contributed by atoms with Crippen molar-refractivity contribution in [3.8, 4) is 6.19 Å². The Morgan fingerprint density at radius 2 is 2.17 bits per heavy atom. The summed E-state index contributed by atoms with van der Waals surface area (Å²) in [7, 11) is 0. The van der Waals surface area contributed by atoms with Gasteiger partial charge in [0.15, 0.2) is 6.19 Å². The SMILES string of the molecule is N#CNCCc1ccccc1Br. The summed E-state index contributed by atoms with van der Waals surface area (Å²) in [4.78, 5) is 0. The van der Waals surface area contributed by atoms with Crippen LogP contribution in [0.25, 0.3) is 0 Å². The highest BCUT2D eigenvalue weighted by Crippen LogP contribution is 2.15. The van der Waals surface area contributed by atoms with Crippen molar-refractivity contribution in [1.29, 1.82) is 5.26 Å². The van der Waals surface area contributed by atoms with Crippen LogP contribution >= 0.6 is 15.9 Å². The van der Waals surface area contributed by atoms with E-state index in [9.17, 15) is 0 Å². The molecule has 0 spiro atoms. The Morgan fingerprint density at radius 3 is 2.83 bits per heavy atom. The van der Waals surface area contributed by atoms with Crippen LogP contribution in [-0.4, -0.2) is 6.54 Å². The van der Waals surface area contributed by atoms with Crippen LogP contribution in [0.2, 0.25) is 0 Å². The Kier molecular flexibility index (Phi) is 3.62. The van der Waals surface area contributed by atoms with Crippen molar-refractivity contribution >= 4 is 15.9 Å². The maximum atomic E-state index is 8.24. The largest absolute Gasteiger partial charge is 0.324 e. The van der Waals surface area contributed by atoms with Crippen LogP contribution in [-0.2, 0) is 6.42 Å². The highest BCUT2D eigenvalue weighted by atomic mass is 79.9. The van der Waals surface area contributed by atoms with Gasteiger partial charge in [0, 0.05) is 11.0 Å². The van der Waals surface area contributed by atoms with Crippen molar-refractivity contribution in [3.63, 3.8) is 0 Å². The van der Waals surface area contributed by atoms with Gasteiger partial charge in [-0.1, -0.05) is 34.1 Å². The fourth-order valence-corrected chi connectivity index (χ4v) is 1.44. The summed E-state index contributed by atoms with van der Waals surface area (Å²) in [6.07, 6.45) is 2.76. The topological polar surface area (TPSA) is 35.8 Å². The van der Waals surface area contributed by atoms with Gasteiger partial charge in [-0.15, -0.1) is 0 Å². The highest BCUT2D eigenvalue weighted by Gasteiger charge is 1.96. The number of nitrogens with zero attached hydrogens (tertiary/aromatic N) is 1. The summed E-state index contributed by atoms with van der Waals surface area (Å²) < 4.78 is 1.10. The third-order valence-corrected chi connectivity index (χ3v) is 2.33. The number of nitriles is 1. The lowest BCUT2D eigenvalue weighted by molar-refractivity contribution is 0.841. The summed E-state index contributed by atoms with van der Waals surface area (Å²) in [5, 5.41) is 10.8. The number of nitrogens with one attached hydrogen (secondary N) is 1. The van der Waals surface area contributed by atoms with Crippen molar-refractivity contribution in [2.45, 2.75) is 6.42 Å². The van der Waals surface area contributed by atoms with Crippen LogP contribution in [0.4, 0.5) is 0 Å². The zero-order valence-corrected chi connectivity index (χ0v) is 8.13. The monoisotopic (exact) mass is 224 g/mol. The van der Waals surface area contributed by atoms with Crippen molar-refractivity contribution in [2.75, 3.05) is 6.54 Å². The molecule has 0 fully saturated rings. The molecule has 0 heterocycles. The number of benzene rings is 1. The molecule has 0 atom stereocenters. The maximum Gasteiger partial charge on any atom is 0.176 e. The van der Waals surface area contributed by atoms with E-state index in [2.05, 4.69) is 21.2 Å². The van der Waals surface area contributed by atoms with E-state index in [0.29, 0.717) is 6.54 Å². The van der Waals surface area contributed by atoms with Crippen molar-refractivity contribution in [3.05, 3.63) is 34.3 Å². The zero-order valence-electron chi connectivity index (χ0n) is 6.55. The van der Waals surface area contributed by atoms with Crippen molar-refractivity contribution < 1.29 is 0 Å². The van der Waals surface area contributed by atoms with Crippen LogP contribution in [0.5, 0.6) is 0 Å². The molecule has 0 aromatic heterocycles. The second kappa shape index (κ2) is 4.78. The molecule has 0 saturated carbocycles. The molecule has 3 heteroatoms. The average molecular weight is 225 g/mol. The highest BCUT2D eigenvalue weighted by molar-refractivity contribution is 9.10. The van der Waals surface area contributed by atoms with Gasteiger partial charge in [0.1, 0.15) is 0 Å². The molecular weight excluding hydrogens is 216 g/mol. The van der Waals surface area contributed by atoms with Crippen molar-refractivity contribution in [1.82, 2.24) is 5.32 Å². The minimum absolute atomic E-state index is 0.694. The van der Waals surface area contributed by atoms with Crippen LogP contribution in [0.3, 0.4) is 0 Å². The molecule has 62 valence electrons. The fourth-order valence-electron chi connectivity index (χ4n) is 0.954. The van der Waals surface area contributed by atoms with Gasteiger partial charge in [0.25, 0.3) is 0 Å². The predicted octanol–water partition coefficient (Wildman–Crippen LogP) is 2.06. The Balaban J connectivity index is 2.53. The Bertz CT molecular complexity index is 291. The second-order valence-electron chi connectivity index (χ2n) is 2.38. The third-order valence-electron chi connectivity index (χ3n) is 1.56. The first kappa shape index (κ1) is 9.08. The second-order valence-corrected chi connectivity index (χ2v) is 3.23. The zero-order chi connectivity index (χ0) is 8.81. The van der Waals surface area contributed by atoms with E-state index in [1.165, 1.54) is 5.56 Å². The summed E-state index contributed by atoms with van der Waals surface area (Å²) in [5.41, 5.74) is 1.22. The van der Waals surface area contributed by atoms with E-state index >= 15 is 0 Å². The number of hydrogen-bond donors (Lipinski definition) is 1. The molecule has 0 unspecified atom stereocenters. The number of rotatable bonds is 3. The van der Waals surface area contributed by atoms with Crippen LogP contribution in [0.1, 0.15) is 5.56 Å². The quantitative estimate of drug-likeness (QED) is 0.485. The van der Waals surface area contributed by atoms with E-state index in [0.717, 1.165) is 10.9 Å². The van der Waals surface area contributed by atoms with Gasteiger partial charge in [0.2, 0.25) is 0 Å². The average Bonchev–Trinajstić information content (AvgIpc) is 2.09. The van der Waals surface area contributed by atoms with E-state index in [-0.39, 0.29) is 0 Å². The van der Waals surface area contributed by atoms with E-state index < -0.39 is 0 Å². The van der Waals surface area contributed by atoms with Gasteiger partial charge in [-0.2, -0.15) is 5.26 Å². The lowest BCUT2D eigenvalue weighted by Crippen LogP contribution is -2.09. The van der Waals surface area contributed by atoms with Gasteiger partial charge in [0.05, 0.1) is 0 Å². The minimum atomic E-state index is 0.694. The fraction of sp³-hybridized carbons (Fsp3) is 0.222. The molecule has 0 radical (unpaired) electrons. The summed E-state index contributed by atoms with van der Waals surface area (Å²) in [6, 6.07) is 8.02. The van der Waals surface area contributed by atoms with Gasteiger partial charge in [-0.25, -0.2) is 0 Å². The molecule has 0 saturated heterocycles. The molecule has 1 rings (SSSR count). The number of hydrogen-bond acceptors (Lipinski definition) is 2. The molecule has 1 N–H and O–H groups in total. The molecule has 0 aliphatic carbocycles. The van der Waals surface area contributed by atoms with Crippen molar-refractivity contribution in [2.24, 2.45) is 0 Å². The lowest BCUT2D eigenvalue weighted by atomic mass is 10.1. The first-order chi connectivity index (χ1) is 5.84. The molecule has 0 aliphatic heterocycles. The summed E-state index contributed by atoms with van der Waals surface area (Å²) >= 11 is 3.44. The molecular formula is C9H9BrN2. The molecule has 0 amide bonds. The molecule has 2 nitrogen and oxygen atoms in total. The summed E-state index contributed by atoms with van der Waals surface area (Å²) in [5.74, 6) is 0. The third kappa shape index (κ3) is 2.55. The van der Waals surface area contributed by atoms with Crippen LogP contribution in [0, 0.1) is 11.5 Å². The Labute approximate surface area is 80.3 Å². The normalized spacial score (nSPS) is 9.00. The van der Waals surface area contributed by atoms with Crippen LogP contribution < -0.4 is 5.32 Å². The van der Waals surface area contributed by atoms with E-state index in [1.54, 1.807) is 0 Å². The van der Waals surface area contributed by atoms with Gasteiger partial charge >= 0.3 is 0 Å². The molecule has 12 heavy (non-hydrogen) atoms. The maximum absolute atomic E-state index is 8.24. The summed E-state index contributed by atoms with van der Waals surface area (Å²) in [6.45, 7) is 0.694. The van der Waals surface area contributed by atoms with E-state index in [4.69, 9.17) is 5.26 Å². The Hall–Kier alpha value is -1.01. The standard InChI is InChI=1S/C9H9BrN2/c10-9-4-2-1-3-8(9)5-6-12-7-11/h1-4,12H,5-6H2. The minimum Gasteiger partial charge on any atom is -0.324 e. The van der Waals surface area contributed by atoms with Crippen LogP contribution in [0.15, 0.2) is 28.7 Å². The molecule has 1 aromatic carbocycles. The first-order valence-corrected chi connectivity index (χ1v) is 4.49. The van der Waals surface area contributed by atoms with Gasteiger partial charge in [-0.3, -0.25) is 0 Å². The smallest absolute Gasteiger partial charge is 0.176 e. The lowest BCUT2D eigenvalue weighted by Gasteiger charge is -2.01. The van der Waals surface area contributed by atoms with E-state index in [1.807, 2.05) is 30.5 Å².